The van der Waals surface area contributed by atoms with Crippen LogP contribution in [0.25, 0.3) is 0 Å². The van der Waals surface area contributed by atoms with E-state index < -0.39 is 0 Å². The zero-order chi connectivity index (χ0) is 12.3. The summed E-state index contributed by atoms with van der Waals surface area (Å²) in [4.78, 5) is 9.40. The summed E-state index contributed by atoms with van der Waals surface area (Å²) in [5.74, 6) is 1.66. The van der Waals surface area contributed by atoms with Crippen LogP contribution in [-0.2, 0) is 12.3 Å². The van der Waals surface area contributed by atoms with Crippen molar-refractivity contribution in [3.63, 3.8) is 0 Å². The number of anilines is 1. The summed E-state index contributed by atoms with van der Waals surface area (Å²) in [6.45, 7) is 6.45. The molecule has 1 aromatic heterocycles. The van der Waals surface area contributed by atoms with Crippen molar-refractivity contribution in [1.29, 1.82) is 0 Å². The molecule has 0 radical (unpaired) electrons. The topological polar surface area (TPSA) is 19.4 Å². The lowest BCUT2D eigenvalue weighted by Crippen LogP contribution is -2.44. The third-order valence-electron chi connectivity index (χ3n) is 3.27. The van der Waals surface area contributed by atoms with Gasteiger partial charge in [0.05, 0.1) is 0 Å². The number of aryl methyl sites for hydroxylation is 1. The first kappa shape index (κ1) is 12.7. The maximum absolute atomic E-state index is 5.94. The Balaban J connectivity index is 2.19. The SMILES string of the molecule is CCc1cc(CCl)cc(N2CCN(C)CC2)n1. The van der Waals surface area contributed by atoms with Gasteiger partial charge in [0.1, 0.15) is 5.82 Å². The Morgan fingerprint density at radius 2 is 1.94 bits per heavy atom. The number of halogens is 1. The van der Waals surface area contributed by atoms with Crippen LogP contribution in [0.2, 0.25) is 0 Å². The zero-order valence-corrected chi connectivity index (χ0v) is 11.4. The van der Waals surface area contributed by atoms with Crippen molar-refractivity contribution >= 4 is 17.4 Å². The molecule has 1 saturated heterocycles. The fourth-order valence-corrected chi connectivity index (χ4v) is 2.24. The van der Waals surface area contributed by atoms with Crippen molar-refractivity contribution in [2.45, 2.75) is 19.2 Å². The highest BCUT2D eigenvalue weighted by Crippen LogP contribution is 2.18. The molecule has 0 unspecified atom stereocenters. The van der Waals surface area contributed by atoms with Crippen LogP contribution >= 0.6 is 11.6 Å². The van der Waals surface area contributed by atoms with Gasteiger partial charge in [-0.25, -0.2) is 4.98 Å². The molecule has 3 nitrogen and oxygen atoms in total. The molecule has 0 aromatic carbocycles. The van der Waals surface area contributed by atoms with Gasteiger partial charge in [0.25, 0.3) is 0 Å². The molecule has 1 aliphatic heterocycles. The van der Waals surface area contributed by atoms with Crippen LogP contribution in [0.4, 0.5) is 5.82 Å². The number of likely N-dealkylation sites (N-methyl/N-ethyl adjacent to an activating group) is 1. The molecular weight excluding hydrogens is 234 g/mol. The summed E-state index contributed by atoms with van der Waals surface area (Å²) >= 11 is 5.94. The summed E-state index contributed by atoms with van der Waals surface area (Å²) < 4.78 is 0. The van der Waals surface area contributed by atoms with E-state index in [1.54, 1.807) is 0 Å². The van der Waals surface area contributed by atoms with Crippen LogP contribution < -0.4 is 4.90 Å². The van der Waals surface area contributed by atoms with Crippen LogP contribution in [0.3, 0.4) is 0 Å². The second-order valence-electron chi connectivity index (χ2n) is 4.60. The maximum atomic E-state index is 5.94. The predicted molar refractivity (Wildman–Crippen MR) is 72.9 cm³/mol. The fourth-order valence-electron chi connectivity index (χ4n) is 2.09. The Morgan fingerprint density at radius 1 is 1.24 bits per heavy atom. The lowest BCUT2D eigenvalue weighted by Gasteiger charge is -2.33. The molecular formula is C13H20ClN3. The number of hydrogen-bond donors (Lipinski definition) is 0. The van der Waals surface area contributed by atoms with E-state index in [1.807, 2.05) is 0 Å². The van der Waals surface area contributed by atoms with E-state index in [4.69, 9.17) is 16.6 Å². The highest BCUT2D eigenvalue weighted by Gasteiger charge is 2.16. The Kier molecular flexibility index (Phi) is 4.24. The number of piperazine rings is 1. The van der Waals surface area contributed by atoms with Crippen molar-refractivity contribution in [2.24, 2.45) is 0 Å². The fraction of sp³-hybridized carbons (Fsp3) is 0.615. The quantitative estimate of drug-likeness (QED) is 0.770. The minimum atomic E-state index is 0.566. The summed E-state index contributed by atoms with van der Waals surface area (Å²) in [5, 5.41) is 0. The number of rotatable bonds is 3. The van der Waals surface area contributed by atoms with Crippen molar-refractivity contribution in [2.75, 3.05) is 38.1 Å². The molecule has 4 heteroatoms. The monoisotopic (exact) mass is 253 g/mol. The van der Waals surface area contributed by atoms with Crippen molar-refractivity contribution in [3.05, 3.63) is 23.4 Å². The Labute approximate surface area is 108 Å². The summed E-state index contributed by atoms with van der Waals surface area (Å²) in [5.41, 5.74) is 2.31. The van der Waals surface area contributed by atoms with Gasteiger partial charge >= 0.3 is 0 Å². The van der Waals surface area contributed by atoms with Gasteiger partial charge in [0.15, 0.2) is 0 Å². The van der Waals surface area contributed by atoms with Gasteiger partial charge in [-0.05, 0) is 31.2 Å². The molecule has 0 bridgehead atoms. The summed E-state index contributed by atoms with van der Waals surface area (Å²) in [6.07, 6.45) is 0.964. The van der Waals surface area contributed by atoms with Gasteiger partial charge in [-0.1, -0.05) is 6.92 Å². The van der Waals surface area contributed by atoms with Gasteiger partial charge in [0, 0.05) is 37.8 Å². The van der Waals surface area contributed by atoms with E-state index in [-0.39, 0.29) is 0 Å². The first-order valence-electron chi connectivity index (χ1n) is 6.22. The first-order valence-corrected chi connectivity index (χ1v) is 6.75. The van der Waals surface area contributed by atoms with E-state index in [1.165, 1.54) is 5.56 Å². The molecule has 0 amide bonds. The molecule has 1 aromatic rings. The molecule has 0 atom stereocenters. The second kappa shape index (κ2) is 5.69. The molecule has 1 aliphatic rings. The van der Waals surface area contributed by atoms with E-state index >= 15 is 0 Å². The number of pyridine rings is 1. The minimum Gasteiger partial charge on any atom is -0.354 e. The second-order valence-corrected chi connectivity index (χ2v) is 4.87. The van der Waals surface area contributed by atoms with E-state index in [0.717, 1.165) is 44.1 Å². The van der Waals surface area contributed by atoms with E-state index in [9.17, 15) is 0 Å². The number of nitrogens with zero attached hydrogens (tertiary/aromatic N) is 3. The number of alkyl halides is 1. The zero-order valence-electron chi connectivity index (χ0n) is 10.6. The maximum Gasteiger partial charge on any atom is 0.129 e. The normalized spacial score (nSPS) is 17.5. The summed E-state index contributed by atoms with van der Waals surface area (Å²) in [6, 6.07) is 4.23. The molecule has 0 saturated carbocycles. The van der Waals surface area contributed by atoms with Crippen LogP contribution in [0, 0.1) is 0 Å². The Hall–Kier alpha value is -0.800. The standard InChI is InChI=1S/C13H20ClN3/c1-3-12-8-11(10-14)9-13(15-12)17-6-4-16(2)5-7-17/h8-9H,3-7,10H2,1-2H3. The lowest BCUT2D eigenvalue weighted by atomic mass is 10.2. The number of hydrogen-bond acceptors (Lipinski definition) is 3. The van der Waals surface area contributed by atoms with Gasteiger partial charge < -0.3 is 9.80 Å². The lowest BCUT2D eigenvalue weighted by molar-refractivity contribution is 0.312. The largest absolute Gasteiger partial charge is 0.354 e. The van der Waals surface area contributed by atoms with Crippen molar-refractivity contribution in [3.8, 4) is 0 Å². The minimum absolute atomic E-state index is 0.566. The molecule has 94 valence electrons. The van der Waals surface area contributed by atoms with Crippen LogP contribution in [-0.4, -0.2) is 43.1 Å². The average Bonchev–Trinajstić information content (AvgIpc) is 2.39. The van der Waals surface area contributed by atoms with Gasteiger partial charge in [-0.3, -0.25) is 0 Å². The van der Waals surface area contributed by atoms with Crippen LogP contribution in [0.1, 0.15) is 18.2 Å². The van der Waals surface area contributed by atoms with Gasteiger partial charge in [0.2, 0.25) is 0 Å². The van der Waals surface area contributed by atoms with Gasteiger partial charge in [-0.15, -0.1) is 11.6 Å². The summed E-state index contributed by atoms with van der Waals surface area (Å²) in [7, 11) is 2.16. The molecule has 2 rings (SSSR count). The molecule has 17 heavy (non-hydrogen) atoms. The molecule has 0 spiro atoms. The molecule has 0 N–H and O–H groups in total. The van der Waals surface area contributed by atoms with Crippen LogP contribution in [0.15, 0.2) is 12.1 Å². The van der Waals surface area contributed by atoms with Crippen LogP contribution in [0.5, 0.6) is 0 Å². The average molecular weight is 254 g/mol. The Bertz CT molecular complexity index is 351. The van der Waals surface area contributed by atoms with E-state index in [2.05, 4.69) is 35.9 Å². The third-order valence-corrected chi connectivity index (χ3v) is 3.58. The number of aromatic nitrogens is 1. The Morgan fingerprint density at radius 3 is 2.53 bits per heavy atom. The van der Waals surface area contributed by atoms with Crippen molar-refractivity contribution < 1.29 is 0 Å². The molecule has 2 heterocycles. The van der Waals surface area contributed by atoms with Gasteiger partial charge in [-0.2, -0.15) is 0 Å². The highest BCUT2D eigenvalue weighted by atomic mass is 35.5. The first-order chi connectivity index (χ1) is 8.22. The molecule has 0 aliphatic carbocycles. The predicted octanol–water partition coefficient (Wildman–Crippen LogP) is 2.13. The van der Waals surface area contributed by atoms with E-state index in [0.29, 0.717) is 5.88 Å². The smallest absolute Gasteiger partial charge is 0.129 e. The highest BCUT2D eigenvalue weighted by molar-refractivity contribution is 6.17. The molecule has 1 fully saturated rings. The third kappa shape index (κ3) is 3.11. The van der Waals surface area contributed by atoms with Crippen molar-refractivity contribution in [1.82, 2.24) is 9.88 Å².